The van der Waals surface area contributed by atoms with E-state index >= 15 is 0 Å². The molecule has 0 saturated heterocycles. The Balaban J connectivity index is 2.91. The molecule has 1 aromatic carbocycles. The van der Waals surface area contributed by atoms with Crippen LogP contribution in [-0.4, -0.2) is 90.4 Å². The number of aliphatic carboxylic acids is 1. The Morgan fingerprint density at radius 3 is 1.87 bits per heavy atom. The monoisotopic (exact) mass is 633 g/mol. The minimum atomic E-state index is -1.26. The van der Waals surface area contributed by atoms with Crippen molar-refractivity contribution in [1.29, 1.82) is 0 Å². The molecular formula is C28H47N11O6. The summed E-state index contributed by atoms with van der Waals surface area (Å²) in [5.41, 5.74) is 27.7. The molecule has 0 aliphatic heterocycles. The van der Waals surface area contributed by atoms with E-state index < -0.39 is 66.2 Å². The summed E-state index contributed by atoms with van der Waals surface area (Å²) in [6, 6.07) is 4.42. The van der Waals surface area contributed by atoms with Crippen LogP contribution in [0, 0.1) is 5.92 Å². The van der Waals surface area contributed by atoms with Crippen molar-refractivity contribution in [3.8, 4) is 0 Å². The van der Waals surface area contributed by atoms with Crippen LogP contribution in [0.2, 0.25) is 0 Å². The van der Waals surface area contributed by atoms with E-state index in [1.54, 1.807) is 44.2 Å². The second kappa shape index (κ2) is 20.1. The number of hydrogen-bond donors (Lipinski definition) is 10. The molecule has 15 N–H and O–H groups in total. The fourth-order valence-corrected chi connectivity index (χ4v) is 4.06. The van der Waals surface area contributed by atoms with Crippen LogP contribution in [0.3, 0.4) is 0 Å². The van der Waals surface area contributed by atoms with Crippen molar-refractivity contribution in [1.82, 2.24) is 21.3 Å². The molecule has 1 aromatic rings. The van der Waals surface area contributed by atoms with Crippen LogP contribution in [0.15, 0.2) is 40.3 Å². The van der Waals surface area contributed by atoms with Gasteiger partial charge in [-0.25, -0.2) is 4.79 Å². The standard InChI is InChI=1S/C28H47N11O6/c1-16(2)22(39-21(40)15-36-23(41)18(29)10-6-12-34-27(30)31)25(43)38-20(14-17-8-4-3-5-9-17)24(42)37-19(26(44)45)11-7-13-35-28(32)33/h3-5,8-9,16,18-20,22H,6-7,10-15,29H2,1-2H3,(H,36,41)(H,37,42)(H,38,43)(H,39,40)(H,44,45)(H4,30,31,34)(H4,32,33,35)/t18-,19-,20-,22-/m0/s1. The van der Waals surface area contributed by atoms with Gasteiger partial charge < -0.3 is 55.0 Å². The maximum atomic E-state index is 13.4. The van der Waals surface area contributed by atoms with E-state index in [0.29, 0.717) is 18.5 Å². The number of carbonyl (C=O) groups excluding carboxylic acids is 4. The minimum Gasteiger partial charge on any atom is -0.480 e. The summed E-state index contributed by atoms with van der Waals surface area (Å²) in [5, 5.41) is 19.8. The molecule has 0 unspecified atom stereocenters. The van der Waals surface area contributed by atoms with E-state index in [9.17, 15) is 29.1 Å². The number of carboxylic acids is 1. The lowest BCUT2D eigenvalue weighted by atomic mass is 10.0. The fourth-order valence-electron chi connectivity index (χ4n) is 4.06. The molecule has 0 fully saturated rings. The van der Waals surface area contributed by atoms with Crippen molar-refractivity contribution in [3.05, 3.63) is 35.9 Å². The SMILES string of the molecule is CC(C)[C@H](NC(=O)CNC(=O)[C@@H](N)CCCN=C(N)N)C(=O)N[C@@H](Cc1ccccc1)C(=O)N[C@@H](CCCN=C(N)N)C(=O)O. The largest absolute Gasteiger partial charge is 0.480 e. The molecule has 4 amide bonds. The molecule has 0 bridgehead atoms. The molecule has 0 saturated carbocycles. The molecule has 0 heterocycles. The van der Waals surface area contributed by atoms with Crippen molar-refractivity contribution in [2.75, 3.05) is 19.6 Å². The Morgan fingerprint density at radius 2 is 1.33 bits per heavy atom. The second-order valence-electron chi connectivity index (χ2n) is 10.7. The lowest BCUT2D eigenvalue weighted by Gasteiger charge is -2.26. The lowest BCUT2D eigenvalue weighted by molar-refractivity contribution is -0.142. The molecule has 0 spiro atoms. The van der Waals surface area contributed by atoms with Gasteiger partial charge in [-0.05, 0) is 37.2 Å². The van der Waals surface area contributed by atoms with Gasteiger partial charge in [0.1, 0.15) is 18.1 Å². The number of guanidine groups is 2. The molecule has 45 heavy (non-hydrogen) atoms. The normalized spacial score (nSPS) is 13.3. The van der Waals surface area contributed by atoms with Gasteiger partial charge in [0.25, 0.3) is 0 Å². The Hall–Kier alpha value is -4.93. The fraction of sp³-hybridized carbons (Fsp3) is 0.536. The first kappa shape index (κ1) is 38.1. The molecule has 4 atom stereocenters. The van der Waals surface area contributed by atoms with Crippen LogP contribution in [0.1, 0.15) is 45.1 Å². The van der Waals surface area contributed by atoms with Gasteiger partial charge in [-0.15, -0.1) is 0 Å². The summed E-state index contributed by atoms with van der Waals surface area (Å²) in [6.07, 6.45) is 1.11. The van der Waals surface area contributed by atoms with Crippen LogP contribution in [-0.2, 0) is 30.4 Å². The minimum absolute atomic E-state index is 0.0418. The molecule has 0 aromatic heterocycles. The summed E-state index contributed by atoms with van der Waals surface area (Å²) >= 11 is 0. The van der Waals surface area contributed by atoms with E-state index in [1.807, 2.05) is 0 Å². The predicted octanol–water partition coefficient (Wildman–Crippen LogP) is -3.03. The number of nitrogens with two attached hydrogens (primary N) is 5. The summed E-state index contributed by atoms with van der Waals surface area (Å²) < 4.78 is 0. The van der Waals surface area contributed by atoms with Gasteiger partial charge >= 0.3 is 5.97 Å². The molecule has 0 radical (unpaired) electrons. The number of nitrogens with zero attached hydrogens (tertiary/aromatic N) is 2. The van der Waals surface area contributed by atoms with E-state index in [2.05, 4.69) is 31.3 Å². The summed E-state index contributed by atoms with van der Waals surface area (Å²) in [5.74, 6) is -4.49. The Morgan fingerprint density at radius 1 is 0.778 bits per heavy atom. The number of hydrogen-bond acceptors (Lipinski definition) is 8. The zero-order chi connectivity index (χ0) is 33.9. The third kappa shape index (κ3) is 15.9. The van der Waals surface area contributed by atoms with Gasteiger partial charge in [0.15, 0.2) is 11.9 Å². The van der Waals surface area contributed by atoms with E-state index in [1.165, 1.54) is 0 Å². The number of nitrogens with one attached hydrogen (secondary N) is 4. The van der Waals surface area contributed by atoms with Crippen LogP contribution >= 0.6 is 0 Å². The molecule has 0 aliphatic carbocycles. The van der Waals surface area contributed by atoms with Crippen molar-refractivity contribution in [3.63, 3.8) is 0 Å². The number of aliphatic imine (C=N–C) groups is 2. The van der Waals surface area contributed by atoms with Crippen molar-refractivity contribution < 1.29 is 29.1 Å². The van der Waals surface area contributed by atoms with Crippen LogP contribution in [0.4, 0.5) is 0 Å². The van der Waals surface area contributed by atoms with Gasteiger partial charge in [-0.3, -0.25) is 29.2 Å². The van der Waals surface area contributed by atoms with E-state index in [4.69, 9.17) is 28.7 Å². The Bertz CT molecular complexity index is 1180. The van der Waals surface area contributed by atoms with Gasteiger partial charge in [-0.2, -0.15) is 0 Å². The molecule has 0 aliphatic rings. The first-order valence-electron chi connectivity index (χ1n) is 14.5. The first-order chi connectivity index (χ1) is 21.2. The second-order valence-corrected chi connectivity index (χ2v) is 10.7. The van der Waals surface area contributed by atoms with Crippen molar-refractivity contribution in [2.24, 2.45) is 44.6 Å². The molecule has 17 heteroatoms. The Labute approximate surface area is 262 Å². The maximum Gasteiger partial charge on any atom is 0.326 e. The van der Waals surface area contributed by atoms with Crippen molar-refractivity contribution in [2.45, 2.75) is 70.1 Å². The van der Waals surface area contributed by atoms with E-state index in [0.717, 1.165) is 0 Å². The average molecular weight is 634 g/mol. The van der Waals surface area contributed by atoms with Crippen LogP contribution < -0.4 is 49.9 Å². The highest BCUT2D eigenvalue weighted by atomic mass is 16.4. The predicted molar refractivity (Wildman–Crippen MR) is 169 cm³/mol. The quantitative estimate of drug-likeness (QED) is 0.0391. The summed E-state index contributed by atoms with van der Waals surface area (Å²) in [6.45, 7) is 3.42. The van der Waals surface area contributed by atoms with Gasteiger partial charge in [0.2, 0.25) is 23.6 Å². The molecule has 17 nitrogen and oxygen atoms in total. The molecule has 1 rings (SSSR count). The zero-order valence-corrected chi connectivity index (χ0v) is 25.7. The number of rotatable bonds is 20. The third-order valence-electron chi connectivity index (χ3n) is 6.47. The summed E-state index contributed by atoms with van der Waals surface area (Å²) in [4.78, 5) is 71.1. The number of carbonyl (C=O) groups is 5. The smallest absolute Gasteiger partial charge is 0.326 e. The number of benzene rings is 1. The third-order valence-corrected chi connectivity index (χ3v) is 6.47. The highest BCUT2D eigenvalue weighted by Crippen LogP contribution is 2.08. The zero-order valence-electron chi connectivity index (χ0n) is 25.7. The van der Waals surface area contributed by atoms with Gasteiger partial charge in [0.05, 0.1) is 12.6 Å². The summed E-state index contributed by atoms with van der Waals surface area (Å²) in [7, 11) is 0. The van der Waals surface area contributed by atoms with Crippen LogP contribution in [0.5, 0.6) is 0 Å². The highest BCUT2D eigenvalue weighted by molar-refractivity contribution is 5.94. The van der Waals surface area contributed by atoms with Gasteiger partial charge in [-0.1, -0.05) is 44.2 Å². The highest BCUT2D eigenvalue weighted by Gasteiger charge is 2.31. The number of amides is 4. The molecular weight excluding hydrogens is 586 g/mol. The lowest BCUT2D eigenvalue weighted by Crippen LogP contribution is -2.58. The maximum absolute atomic E-state index is 13.4. The average Bonchev–Trinajstić information content (AvgIpc) is 2.97. The van der Waals surface area contributed by atoms with E-state index in [-0.39, 0.29) is 44.1 Å². The Kier molecular flexibility index (Phi) is 17.0. The van der Waals surface area contributed by atoms with Crippen LogP contribution in [0.25, 0.3) is 0 Å². The first-order valence-corrected chi connectivity index (χ1v) is 14.5. The van der Waals surface area contributed by atoms with Crippen molar-refractivity contribution >= 4 is 41.5 Å². The van der Waals surface area contributed by atoms with Gasteiger partial charge in [0, 0.05) is 19.5 Å². The topological polar surface area (TPSA) is 309 Å². The number of carboxylic acid groups (broad SMARTS) is 1. The molecule has 250 valence electrons.